The minimum atomic E-state index is -0.0248. The number of thiophene rings is 1. The maximum absolute atomic E-state index is 12.5. The van der Waals surface area contributed by atoms with Crippen LogP contribution in [0.25, 0.3) is 20.3 Å². The molecule has 5 nitrogen and oxygen atoms in total. The number of rotatable bonds is 7. The fraction of sp³-hybridized carbons (Fsp3) is 0.333. The number of hydrogen-bond acceptors (Lipinski definition) is 6. The number of fused-ring (bicyclic) bond motifs is 3. The second-order valence-electron chi connectivity index (χ2n) is 7.95. The Hall–Kier alpha value is -2.19. The van der Waals surface area contributed by atoms with Gasteiger partial charge in [-0.3, -0.25) is 9.69 Å². The van der Waals surface area contributed by atoms with E-state index in [0.717, 1.165) is 76.9 Å². The Kier molecular flexibility index (Phi) is 6.36. The lowest BCUT2D eigenvalue weighted by Gasteiger charge is -2.34. The van der Waals surface area contributed by atoms with Gasteiger partial charge in [-0.05, 0) is 24.6 Å². The number of benzene rings is 2. The molecule has 5 rings (SSSR count). The first-order valence-electron chi connectivity index (χ1n) is 10.8. The SMILES string of the molecule is O=c1[nH]c(SCCCN2CCN(Cc3ccccc3)CC2)nc2c1sc1ccccc12. The number of aromatic amines is 1. The molecule has 0 bridgehead atoms. The van der Waals surface area contributed by atoms with Gasteiger partial charge in [0.15, 0.2) is 5.16 Å². The number of nitrogens with one attached hydrogen (secondary N) is 1. The Morgan fingerprint density at radius 1 is 0.968 bits per heavy atom. The van der Waals surface area contributed by atoms with Gasteiger partial charge >= 0.3 is 0 Å². The quantitative estimate of drug-likeness (QED) is 0.256. The summed E-state index contributed by atoms with van der Waals surface area (Å²) < 4.78 is 1.84. The highest BCUT2D eigenvalue weighted by molar-refractivity contribution is 7.99. The minimum Gasteiger partial charge on any atom is -0.301 e. The maximum atomic E-state index is 12.5. The van der Waals surface area contributed by atoms with Gasteiger partial charge in [0, 0.05) is 48.6 Å². The van der Waals surface area contributed by atoms with Crippen LogP contribution in [0.5, 0.6) is 0 Å². The van der Waals surface area contributed by atoms with Gasteiger partial charge in [-0.2, -0.15) is 0 Å². The molecule has 31 heavy (non-hydrogen) atoms. The lowest BCUT2D eigenvalue weighted by molar-refractivity contribution is 0.127. The molecule has 0 amide bonds. The van der Waals surface area contributed by atoms with Crippen LogP contribution in [0.1, 0.15) is 12.0 Å². The van der Waals surface area contributed by atoms with Gasteiger partial charge in [0.1, 0.15) is 4.70 Å². The van der Waals surface area contributed by atoms with Gasteiger partial charge in [0.2, 0.25) is 0 Å². The van der Waals surface area contributed by atoms with Crippen molar-refractivity contribution in [3.63, 3.8) is 0 Å². The van der Waals surface area contributed by atoms with Crippen molar-refractivity contribution in [1.82, 2.24) is 19.8 Å². The molecule has 4 aromatic rings. The Balaban J connectivity index is 1.11. The molecule has 2 aromatic heterocycles. The summed E-state index contributed by atoms with van der Waals surface area (Å²) in [5, 5.41) is 1.80. The minimum absolute atomic E-state index is 0.0248. The van der Waals surface area contributed by atoms with Crippen LogP contribution < -0.4 is 5.56 Å². The monoisotopic (exact) mass is 450 g/mol. The molecule has 0 unspecified atom stereocenters. The predicted molar refractivity (Wildman–Crippen MR) is 131 cm³/mol. The van der Waals surface area contributed by atoms with Crippen LogP contribution in [0.4, 0.5) is 0 Å². The number of hydrogen-bond donors (Lipinski definition) is 1. The third-order valence-electron chi connectivity index (χ3n) is 5.78. The summed E-state index contributed by atoms with van der Waals surface area (Å²) in [7, 11) is 0. The van der Waals surface area contributed by atoms with Gasteiger partial charge in [-0.15, -0.1) is 11.3 Å². The average molecular weight is 451 g/mol. The van der Waals surface area contributed by atoms with E-state index in [9.17, 15) is 4.79 Å². The smallest absolute Gasteiger partial charge is 0.269 e. The number of aromatic nitrogens is 2. The normalized spacial score (nSPS) is 15.7. The highest BCUT2D eigenvalue weighted by Crippen LogP contribution is 2.31. The summed E-state index contributed by atoms with van der Waals surface area (Å²) in [6.07, 6.45) is 1.09. The summed E-state index contributed by atoms with van der Waals surface area (Å²) in [5.41, 5.74) is 2.20. The van der Waals surface area contributed by atoms with Crippen LogP contribution >= 0.6 is 23.1 Å². The molecule has 0 aliphatic carbocycles. The fourth-order valence-corrected chi connectivity index (χ4v) is 5.94. The van der Waals surface area contributed by atoms with Gasteiger partial charge in [-0.1, -0.05) is 60.3 Å². The molecule has 2 aromatic carbocycles. The average Bonchev–Trinajstić information content (AvgIpc) is 3.18. The van der Waals surface area contributed by atoms with Gasteiger partial charge in [0.05, 0.1) is 5.52 Å². The topological polar surface area (TPSA) is 52.2 Å². The van der Waals surface area contributed by atoms with Gasteiger partial charge in [0.25, 0.3) is 5.56 Å². The van der Waals surface area contributed by atoms with E-state index in [1.165, 1.54) is 16.9 Å². The van der Waals surface area contributed by atoms with Crippen molar-refractivity contribution in [2.75, 3.05) is 38.5 Å². The second-order valence-corrected chi connectivity index (χ2v) is 10.1. The van der Waals surface area contributed by atoms with Crippen molar-refractivity contribution >= 4 is 43.4 Å². The Bertz CT molecular complexity index is 1210. The van der Waals surface area contributed by atoms with Crippen molar-refractivity contribution in [3.05, 3.63) is 70.5 Å². The summed E-state index contributed by atoms with van der Waals surface area (Å²) in [4.78, 5) is 25.3. The Morgan fingerprint density at radius 2 is 1.71 bits per heavy atom. The molecule has 0 radical (unpaired) electrons. The second kappa shape index (κ2) is 9.53. The molecule has 7 heteroatoms. The van der Waals surface area contributed by atoms with Crippen LogP contribution in [-0.4, -0.2) is 58.2 Å². The van der Waals surface area contributed by atoms with Crippen molar-refractivity contribution < 1.29 is 0 Å². The first-order chi connectivity index (χ1) is 15.3. The summed E-state index contributed by atoms with van der Waals surface area (Å²) in [6, 6.07) is 18.8. The lowest BCUT2D eigenvalue weighted by atomic mass is 10.2. The third kappa shape index (κ3) is 4.85. The van der Waals surface area contributed by atoms with Crippen LogP contribution in [-0.2, 0) is 6.54 Å². The molecule has 1 fully saturated rings. The fourth-order valence-electron chi connectivity index (χ4n) is 4.12. The molecule has 0 atom stereocenters. The molecule has 1 aliphatic heterocycles. The largest absolute Gasteiger partial charge is 0.301 e. The number of nitrogens with zero attached hydrogens (tertiary/aromatic N) is 3. The van der Waals surface area contributed by atoms with E-state index in [1.54, 1.807) is 11.8 Å². The first-order valence-corrected chi connectivity index (χ1v) is 12.6. The number of thioether (sulfide) groups is 1. The lowest BCUT2D eigenvalue weighted by Crippen LogP contribution is -2.46. The Labute approximate surface area is 190 Å². The third-order valence-corrected chi connectivity index (χ3v) is 7.90. The summed E-state index contributed by atoms with van der Waals surface area (Å²) in [6.45, 7) is 6.64. The highest BCUT2D eigenvalue weighted by Gasteiger charge is 2.17. The summed E-state index contributed by atoms with van der Waals surface area (Å²) in [5.74, 6) is 0.959. The zero-order valence-electron chi connectivity index (χ0n) is 17.4. The molecular weight excluding hydrogens is 424 g/mol. The molecule has 0 saturated carbocycles. The molecule has 160 valence electrons. The maximum Gasteiger partial charge on any atom is 0.269 e. The van der Waals surface area contributed by atoms with Crippen molar-refractivity contribution in [2.45, 2.75) is 18.1 Å². The molecule has 0 spiro atoms. The molecule has 1 saturated heterocycles. The Morgan fingerprint density at radius 3 is 2.55 bits per heavy atom. The van der Waals surface area contributed by atoms with E-state index in [1.807, 2.05) is 24.3 Å². The molecule has 1 aliphatic rings. The van der Waals surface area contributed by atoms with E-state index in [2.05, 4.69) is 45.1 Å². The zero-order chi connectivity index (χ0) is 21.0. The van der Waals surface area contributed by atoms with E-state index in [0.29, 0.717) is 0 Å². The molecular formula is C24H26N4OS2. The number of piperazine rings is 1. The van der Waals surface area contributed by atoms with E-state index in [-0.39, 0.29) is 5.56 Å². The molecule has 1 N–H and O–H groups in total. The van der Waals surface area contributed by atoms with E-state index >= 15 is 0 Å². The van der Waals surface area contributed by atoms with Crippen molar-refractivity contribution in [3.8, 4) is 0 Å². The highest BCUT2D eigenvalue weighted by atomic mass is 32.2. The van der Waals surface area contributed by atoms with Crippen molar-refractivity contribution in [2.24, 2.45) is 0 Å². The van der Waals surface area contributed by atoms with Gasteiger partial charge in [-0.25, -0.2) is 4.98 Å². The van der Waals surface area contributed by atoms with Crippen LogP contribution in [0.2, 0.25) is 0 Å². The number of H-pyrrole nitrogens is 1. The standard InChI is InChI=1S/C24H26N4OS2/c29-23-22-21(19-9-4-5-10-20(19)31-22)25-24(26-23)30-16-6-11-27-12-14-28(15-13-27)17-18-7-2-1-3-8-18/h1-5,7-10H,6,11-17H2,(H,25,26,29). The van der Waals surface area contributed by atoms with Crippen LogP contribution in [0, 0.1) is 0 Å². The van der Waals surface area contributed by atoms with Crippen LogP contribution in [0.15, 0.2) is 64.5 Å². The van der Waals surface area contributed by atoms with Gasteiger partial charge < -0.3 is 9.88 Å². The van der Waals surface area contributed by atoms with E-state index < -0.39 is 0 Å². The predicted octanol–water partition coefficient (Wildman–Crippen LogP) is 4.44. The molecule has 3 heterocycles. The van der Waals surface area contributed by atoms with Crippen LogP contribution in [0.3, 0.4) is 0 Å². The van der Waals surface area contributed by atoms with Crippen molar-refractivity contribution in [1.29, 1.82) is 0 Å². The zero-order valence-corrected chi connectivity index (χ0v) is 19.1. The van der Waals surface area contributed by atoms with E-state index in [4.69, 9.17) is 4.98 Å². The first kappa shape index (κ1) is 20.7. The summed E-state index contributed by atoms with van der Waals surface area (Å²) >= 11 is 3.17.